The van der Waals surface area contributed by atoms with Gasteiger partial charge in [-0.1, -0.05) is 12.8 Å². The average Bonchev–Trinajstić information content (AvgIpc) is 2.14. The molecule has 102 valence electrons. The second-order valence-corrected chi connectivity index (χ2v) is 4.24. The Labute approximate surface area is 99.9 Å². The molecule has 0 aromatic rings. The summed E-state index contributed by atoms with van der Waals surface area (Å²) in [7, 11) is 0. The van der Waals surface area contributed by atoms with Gasteiger partial charge in [0.15, 0.2) is 0 Å². The zero-order valence-corrected chi connectivity index (χ0v) is 10.1. The van der Waals surface area contributed by atoms with Crippen LogP contribution in [0.5, 0.6) is 0 Å². The fraction of sp³-hybridized carbons (Fsp3) is 0.909. The smallest absolute Gasteiger partial charge is 0.353 e. The predicted molar refractivity (Wildman–Crippen MR) is 60.4 cm³/mol. The Balaban J connectivity index is 3.58. The van der Waals surface area contributed by atoms with Crippen LogP contribution in [0.4, 0.5) is 13.2 Å². The molecule has 1 amide bonds. The van der Waals surface area contributed by atoms with Gasteiger partial charge in [-0.2, -0.15) is 13.2 Å². The van der Waals surface area contributed by atoms with Gasteiger partial charge in [0.25, 0.3) is 0 Å². The standard InChI is InChI=1S/C11H21F3N2O/c1-9(8-11(12,13)14)16-10(17)6-4-2-3-5-7-15/h9H,2-8,15H2,1H3,(H,16,17). The lowest BCUT2D eigenvalue weighted by molar-refractivity contribution is -0.141. The minimum Gasteiger partial charge on any atom is -0.353 e. The van der Waals surface area contributed by atoms with Gasteiger partial charge in [0, 0.05) is 12.5 Å². The number of hydrogen-bond donors (Lipinski definition) is 2. The minimum absolute atomic E-state index is 0.284. The van der Waals surface area contributed by atoms with Gasteiger partial charge < -0.3 is 11.1 Å². The number of nitrogens with two attached hydrogens (primary N) is 1. The molecule has 0 aliphatic rings. The summed E-state index contributed by atoms with van der Waals surface area (Å²) >= 11 is 0. The first-order valence-corrected chi connectivity index (χ1v) is 5.91. The molecular formula is C11H21F3N2O. The Bertz CT molecular complexity index is 219. The maximum atomic E-state index is 12.0. The van der Waals surface area contributed by atoms with Gasteiger partial charge in [0.2, 0.25) is 5.91 Å². The minimum atomic E-state index is -4.23. The molecule has 1 unspecified atom stereocenters. The summed E-state index contributed by atoms with van der Waals surface area (Å²) < 4.78 is 36.0. The highest BCUT2D eigenvalue weighted by Gasteiger charge is 2.30. The first-order chi connectivity index (χ1) is 7.85. The summed E-state index contributed by atoms with van der Waals surface area (Å²) in [5.74, 6) is -0.311. The summed E-state index contributed by atoms with van der Waals surface area (Å²) in [6.07, 6.45) is -1.46. The van der Waals surface area contributed by atoms with E-state index in [4.69, 9.17) is 5.73 Å². The van der Waals surface area contributed by atoms with E-state index < -0.39 is 18.6 Å². The van der Waals surface area contributed by atoms with E-state index in [1.54, 1.807) is 0 Å². The van der Waals surface area contributed by atoms with Crippen LogP contribution >= 0.6 is 0 Å². The van der Waals surface area contributed by atoms with Crippen LogP contribution in [0.1, 0.15) is 45.4 Å². The number of unbranched alkanes of at least 4 members (excludes halogenated alkanes) is 3. The number of rotatable bonds is 8. The highest BCUT2D eigenvalue weighted by Crippen LogP contribution is 2.21. The molecule has 3 nitrogen and oxygen atoms in total. The second-order valence-electron chi connectivity index (χ2n) is 4.24. The van der Waals surface area contributed by atoms with Crippen LogP contribution in [-0.2, 0) is 4.79 Å². The Morgan fingerprint density at radius 1 is 1.24 bits per heavy atom. The lowest BCUT2D eigenvalue weighted by atomic mass is 10.1. The number of amides is 1. The number of halogens is 3. The van der Waals surface area contributed by atoms with Gasteiger partial charge in [0.05, 0.1) is 6.42 Å². The van der Waals surface area contributed by atoms with Gasteiger partial charge in [-0.25, -0.2) is 0 Å². The monoisotopic (exact) mass is 254 g/mol. The van der Waals surface area contributed by atoms with Crippen molar-refractivity contribution >= 4 is 5.91 Å². The topological polar surface area (TPSA) is 55.1 Å². The number of hydrogen-bond acceptors (Lipinski definition) is 2. The number of carbonyl (C=O) groups excluding carboxylic acids is 1. The van der Waals surface area contributed by atoms with E-state index in [0.29, 0.717) is 13.0 Å². The van der Waals surface area contributed by atoms with E-state index in [9.17, 15) is 18.0 Å². The molecule has 0 radical (unpaired) electrons. The Hall–Kier alpha value is -0.780. The Morgan fingerprint density at radius 3 is 2.35 bits per heavy atom. The van der Waals surface area contributed by atoms with Crippen LogP contribution < -0.4 is 11.1 Å². The number of alkyl halides is 3. The van der Waals surface area contributed by atoms with Crippen LogP contribution in [-0.4, -0.2) is 24.7 Å². The van der Waals surface area contributed by atoms with Crippen LogP contribution in [0, 0.1) is 0 Å². The summed E-state index contributed by atoms with van der Waals surface area (Å²) in [5.41, 5.74) is 5.31. The van der Waals surface area contributed by atoms with Crippen LogP contribution in [0.15, 0.2) is 0 Å². The molecule has 0 aliphatic heterocycles. The Morgan fingerprint density at radius 2 is 1.82 bits per heavy atom. The normalized spacial score (nSPS) is 13.5. The molecule has 1 atom stereocenters. The van der Waals surface area contributed by atoms with Gasteiger partial charge >= 0.3 is 6.18 Å². The average molecular weight is 254 g/mol. The first-order valence-electron chi connectivity index (χ1n) is 5.91. The molecule has 0 saturated carbocycles. The Kier molecular flexibility index (Phi) is 7.95. The molecule has 17 heavy (non-hydrogen) atoms. The quantitative estimate of drug-likeness (QED) is 0.653. The molecule has 0 saturated heterocycles. The van der Waals surface area contributed by atoms with Gasteiger partial charge in [-0.3, -0.25) is 4.79 Å². The van der Waals surface area contributed by atoms with Crippen molar-refractivity contribution in [2.45, 2.75) is 57.7 Å². The summed E-state index contributed by atoms with van der Waals surface area (Å²) in [6.45, 7) is 1.99. The molecule has 0 bridgehead atoms. The zero-order chi connectivity index (χ0) is 13.3. The van der Waals surface area contributed by atoms with Crippen molar-refractivity contribution in [2.75, 3.05) is 6.54 Å². The number of carbonyl (C=O) groups is 1. The molecule has 0 aliphatic carbocycles. The van der Waals surface area contributed by atoms with E-state index in [1.807, 2.05) is 0 Å². The van der Waals surface area contributed by atoms with Crippen LogP contribution in [0.2, 0.25) is 0 Å². The predicted octanol–water partition coefficient (Wildman–Crippen LogP) is 2.35. The summed E-state index contributed by atoms with van der Waals surface area (Å²) in [5, 5.41) is 2.34. The molecule has 6 heteroatoms. The molecule has 0 heterocycles. The molecule has 0 fully saturated rings. The number of nitrogens with one attached hydrogen (secondary N) is 1. The fourth-order valence-corrected chi connectivity index (χ4v) is 1.53. The van der Waals surface area contributed by atoms with E-state index in [0.717, 1.165) is 19.3 Å². The van der Waals surface area contributed by atoms with E-state index >= 15 is 0 Å². The molecule has 0 aromatic heterocycles. The third-order valence-electron chi connectivity index (χ3n) is 2.30. The molecular weight excluding hydrogens is 233 g/mol. The van der Waals surface area contributed by atoms with Crippen molar-refractivity contribution in [3.8, 4) is 0 Å². The van der Waals surface area contributed by atoms with Crippen molar-refractivity contribution in [1.82, 2.24) is 5.32 Å². The van der Waals surface area contributed by atoms with Crippen molar-refractivity contribution < 1.29 is 18.0 Å². The fourth-order valence-electron chi connectivity index (χ4n) is 1.53. The molecule has 3 N–H and O–H groups in total. The molecule has 0 rings (SSSR count). The molecule has 0 aromatic carbocycles. The highest BCUT2D eigenvalue weighted by atomic mass is 19.4. The van der Waals surface area contributed by atoms with Gasteiger partial charge in [-0.15, -0.1) is 0 Å². The van der Waals surface area contributed by atoms with E-state index in [2.05, 4.69) is 5.32 Å². The van der Waals surface area contributed by atoms with Crippen molar-refractivity contribution in [2.24, 2.45) is 5.73 Å². The lowest BCUT2D eigenvalue weighted by Gasteiger charge is -2.15. The first kappa shape index (κ1) is 16.2. The SMILES string of the molecule is CC(CC(F)(F)F)NC(=O)CCCCCCN. The van der Waals surface area contributed by atoms with Crippen molar-refractivity contribution in [1.29, 1.82) is 0 Å². The van der Waals surface area contributed by atoms with Crippen molar-refractivity contribution in [3.63, 3.8) is 0 Å². The third kappa shape index (κ3) is 11.5. The second kappa shape index (κ2) is 8.33. The van der Waals surface area contributed by atoms with Crippen molar-refractivity contribution in [3.05, 3.63) is 0 Å². The maximum Gasteiger partial charge on any atom is 0.391 e. The van der Waals surface area contributed by atoms with Gasteiger partial charge in [0.1, 0.15) is 0 Å². The summed E-state index contributed by atoms with van der Waals surface area (Å²) in [4.78, 5) is 11.3. The lowest BCUT2D eigenvalue weighted by Crippen LogP contribution is -2.35. The maximum absolute atomic E-state index is 12.0. The third-order valence-corrected chi connectivity index (χ3v) is 2.30. The van der Waals surface area contributed by atoms with Crippen LogP contribution in [0.25, 0.3) is 0 Å². The van der Waals surface area contributed by atoms with Crippen LogP contribution in [0.3, 0.4) is 0 Å². The zero-order valence-electron chi connectivity index (χ0n) is 10.1. The highest BCUT2D eigenvalue weighted by molar-refractivity contribution is 5.76. The summed E-state index contributed by atoms with van der Waals surface area (Å²) in [6, 6.07) is -0.855. The van der Waals surface area contributed by atoms with E-state index in [1.165, 1.54) is 6.92 Å². The largest absolute Gasteiger partial charge is 0.391 e. The van der Waals surface area contributed by atoms with Gasteiger partial charge in [-0.05, 0) is 26.3 Å². The molecule has 0 spiro atoms. The van der Waals surface area contributed by atoms with E-state index in [-0.39, 0.29) is 12.3 Å².